The van der Waals surface area contributed by atoms with Crippen LogP contribution in [0.5, 0.6) is 5.75 Å². The first-order chi connectivity index (χ1) is 5.90. The van der Waals surface area contributed by atoms with Gasteiger partial charge in [-0.05, 0) is 25.0 Å². The van der Waals surface area contributed by atoms with Gasteiger partial charge in [0.25, 0.3) is 0 Å². The van der Waals surface area contributed by atoms with Gasteiger partial charge in [-0.15, -0.1) is 0 Å². The van der Waals surface area contributed by atoms with Crippen LogP contribution in [-0.2, 0) is 10.4 Å². The Bertz CT molecular complexity index is 388. The molecule has 1 N–H and O–H groups in total. The first kappa shape index (κ1) is 10.0. The van der Waals surface area contributed by atoms with Crippen LogP contribution < -0.4 is 4.18 Å². The molecule has 0 saturated heterocycles. The summed E-state index contributed by atoms with van der Waals surface area (Å²) < 4.78 is 33.7. The van der Waals surface area contributed by atoms with Gasteiger partial charge in [-0.1, -0.05) is 18.2 Å². The first-order valence-corrected chi connectivity index (χ1v) is 5.00. The minimum atomic E-state index is -4.42. The van der Waals surface area contributed by atoms with E-state index in [4.69, 9.17) is 4.55 Å². The quantitative estimate of drug-likeness (QED) is 0.738. The van der Waals surface area contributed by atoms with Crippen LogP contribution in [-0.4, -0.2) is 13.0 Å². The van der Waals surface area contributed by atoms with Gasteiger partial charge < -0.3 is 4.18 Å². The maximum Gasteiger partial charge on any atom is 0.446 e. The molecule has 13 heavy (non-hydrogen) atoms. The van der Waals surface area contributed by atoms with Crippen molar-refractivity contribution in [2.45, 2.75) is 13.8 Å². The highest BCUT2D eigenvalue weighted by Crippen LogP contribution is 2.23. The highest BCUT2D eigenvalue weighted by Gasteiger charge is 2.11. The van der Waals surface area contributed by atoms with Crippen molar-refractivity contribution in [1.29, 1.82) is 0 Å². The van der Waals surface area contributed by atoms with Crippen molar-refractivity contribution in [3.05, 3.63) is 29.3 Å². The van der Waals surface area contributed by atoms with Gasteiger partial charge in [0.2, 0.25) is 0 Å². The standard InChI is InChI=1S/C8H10O4S/c1-6-4-3-5-7(2)8(6)12-13(9,10)11/h3-5H,1-2H3,(H,9,10,11). The van der Waals surface area contributed by atoms with E-state index in [0.717, 1.165) is 0 Å². The summed E-state index contributed by atoms with van der Waals surface area (Å²) >= 11 is 0. The third-order valence-corrected chi connectivity index (χ3v) is 1.97. The van der Waals surface area contributed by atoms with Gasteiger partial charge >= 0.3 is 10.4 Å². The zero-order valence-electron chi connectivity index (χ0n) is 7.31. The molecule has 5 heteroatoms. The molecule has 0 unspecified atom stereocenters. The van der Waals surface area contributed by atoms with E-state index in [-0.39, 0.29) is 5.75 Å². The zero-order valence-corrected chi connectivity index (χ0v) is 8.13. The van der Waals surface area contributed by atoms with Gasteiger partial charge in [0, 0.05) is 0 Å². The van der Waals surface area contributed by atoms with Crippen LogP contribution in [0, 0.1) is 13.8 Å². The minimum Gasteiger partial charge on any atom is -0.361 e. The molecule has 0 saturated carbocycles. The molecular formula is C8H10O4S. The molecule has 0 atom stereocenters. The number of aryl methyl sites for hydroxylation is 2. The second kappa shape index (κ2) is 3.35. The molecular weight excluding hydrogens is 192 g/mol. The first-order valence-electron chi connectivity index (χ1n) is 3.63. The molecule has 72 valence electrons. The molecule has 0 aliphatic carbocycles. The van der Waals surface area contributed by atoms with Crippen molar-refractivity contribution in [3.63, 3.8) is 0 Å². The van der Waals surface area contributed by atoms with Crippen LogP contribution in [0.1, 0.15) is 11.1 Å². The lowest BCUT2D eigenvalue weighted by molar-refractivity contribution is 0.384. The average molecular weight is 202 g/mol. The lowest BCUT2D eigenvalue weighted by Crippen LogP contribution is -2.08. The van der Waals surface area contributed by atoms with Crippen molar-refractivity contribution in [1.82, 2.24) is 0 Å². The number of rotatable bonds is 2. The summed E-state index contributed by atoms with van der Waals surface area (Å²) in [6.07, 6.45) is 0. The summed E-state index contributed by atoms with van der Waals surface area (Å²) in [5.74, 6) is 0.185. The Kier molecular flexibility index (Phi) is 2.58. The molecule has 0 bridgehead atoms. The fraction of sp³-hybridized carbons (Fsp3) is 0.250. The lowest BCUT2D eigenvalue weighted by atomic mass is 10.1. The zero-order chi connectivity index (χ0) is 10.1. The molecule has 4 nitrogen and oxygen atoms in total. The third kappa shape index (κ3) is 2.71. The average Bonchev–Trinajstić information content (AvgIpc) is 1.95. The highest BCUT2D eigenvalue weighted by atomic mass is 32.3. The molecule has 0 amide bonds. The third-order valence-electron chi connectivity index (χ3n) is 1.60. The summed E-state index contributed by atoms with van der Waals surface area (Å²) in [5, 5.41) is 0. The van der Waals surface area contributed by atoms with Crippen LogP contribution in [0.15, 0.2) is 18.2 Å². The maximum atomic E-state index is 10.4. The SMILES string of the molecule is Cc1cccc(C)c1OS(=O)(=O)O. The Morgan fingerprint density at radius 3 is 2.08 bits per heavy atom. The van der Waals surface area contributed by atoms with Gasteiger partial charge in [0.1, 0.15) is 0 Å². The molecule has 1 rings (SSSR count). The van der Waals surface area contributed by atoms with Gasteiger partial charge in [-0.3, -0.25) is 4.55 Å². The number of hydrogen-bond donors (Lipinski definition) is 1. The van der Waals surface area contributed by atoms with Crippen molar-refractivity contribution in [2.75, 3.05) is 0 Å². The predicted octanol–water partition coefficient (Wildman–Crippen LogP) is 1.49. The molecule has 0 aliphatic heterocycles. The monoisotopic (exact) mass is 202 g/mol. The smallest absolute Gasteiger partial charge is 0.361 e. The van der Waals surface area contributed by atoms with E-state index in [1.807, 2.05) is 0 Å². The molecule has 0 aromatic heterocycles. The Morgan fingerprint density at radius 2 is 1.69 bits per heavy atom. The van der Waals surface area contributed by atoms with E-state index in [1.165, 1.54) is 0 Å². The maximum absolute atomic E-state index is 10.4. The molecule has 0 radical (unpaired) electrons. The van der Waals surface area contributed by atoms with Crippen molar-refractivity contribution < 1.29 is 17.2 Å². The Morgan fingerprint density at radius 1 is 1.23 bits per heavy atom. The lowest BCUT2D eigenvalue weighted by Gasteiger charge is -2.07. The van der Waals surface area contributed by atoms with Gasteiger partial charge in [0.05, 0.1) is 0 Å². The van der Waals surface area contributed by atoms with E-state index >= 15 is 0 Å². The van der Waals surface area contributed by atoms with Crippen LogP contribution in [0.4, 0.5) is 0 Å². The Labute approximate surface area is 77.1 Å². The molecule has 0 spiro atoms. The highest BCUT2D eigenvalue weighted by molar-refractivity contribution is 7.81. The summed E-state index contributed by atoms with van der Waals surface area (Å²) in [7, 11) is -4.42. The largest absolute Gasteiger partial charge is 0.446 e. The van der Waals surface area contributed by atoms with Crippen molar-refractivity contribution in [3.8, 4) is 5.75 Å². The van der Waals surface area contributed by atoms with Crippen molar-refractivity contribution >= 4 is 10.4 Å². The number of para-hydroxylation sites is 1. The molecule has 1 aromatic rings. The van der Waals surface area contributed by atoms with E-state index in [1.54, 1.807) is 32.0 Å². The van der Waals surface area contributed by atoms with Crippen LogP contribution in [0.3, 0.4) is 0 Å². The Balaban J connectivity index is 3.15. The summed E-state index contributed by atoms with van der Waals surface area (Å²) in [6.45, 7) is 3.40. The van der Waals surface area contributed by atoms with E-state index < -0.39 is 10.4 Å². The summed E-state index contributed by atoms with van der Waals surface area (Å²) in [6, 6.07) is 5.18. The van der Waals surface area contributed by atoms with Gasteiger partial charge in [-0.2, -0.15) is 8.42 Å². The fourth-order valence-electron chi connectivity index (χ4n) is 1.04. The summed E-state index contributed by atoms with van der Waals surface area (Å²) in [5.41, 5.74) is 1.33. The number of hydrogen-bond acceptors (Lipinski definition) is 3. The summed E-state index contributed by atoms with van der Waals surface area (Å²) in [4.78, 5) is 0. The van der Waals surface area contributed by atoms with Crippen LogP contribution in [0.25, 0.3) is 0 Å². The van der Waals surface area contributed by atoms with E-state index in [2.05, 4.69) is 4.18 Å². The second-order valence-corrected chi connectivity index (χ2v) is 3.75. The molecule has 1 aromatic carbocycles. The predicted molar refractivity (Wildman–Crippen MR) is 48.1 cm³/mol. The molecule has 0 fully saturated rings. The topological polar surface area (TPSA) is 63.6 Å². The van der Waals surface area contributed by atoms with Crippen LogP contribution in [0.2, 0.25) is 0 Å². The second-order valence-electron chi connectivity index (χ2n) is 2.73. The van der Waals surface area contributed by atoms with E-state index in [0.29, 0.717) is 11.1 Å². The van der Waals surface area contributed by atoms with Crippen LogP contribution >= 0.6 is 0 Å². The minimum absolute atomic E-state index is 0.185. The van der Waals surface area contributed by atoms with E-state index in [9.17, 15) is 8.42 Å². The Hall–Kier alpha value is -1.07. The fourth-order valence-corrected chi connectivity index (χ4v) is 1.51. The van der Waals surface area contributed by atoms with Gasteiger partial charge in [-0.25, -0.2) is 0 Å². The molecule has 0 aliphatic rings. The van der Waals surface area contributed by atoms with Gasteiger partial charge in [0.15, 0.2) is 5.75 Å². The van der Waals surface area contributed by atoms with Crippen molar-refractivity contribution in [2.24, 2.45) is 0 Å². The molecule has 0 heterocycles. The number of benzene rings is 1. The normalized spacial score (nSPS) is 11.3.